The topological polar surface area (TPSA) is 46.1 Å². The SMILES string of the molecule is Cc1ccc(-c2ccc(F)cn2)c(C(=O)N2CCC[C@@H](C)[C@H]2CCc2ccc(Cl)cn2)c1. The van der Waals surface area contributed by atoms with E-state index in [4.69, 9.17) is 11.6 Å². The molecule has 3 heterocycles. The Balaban J connectivity index is 1.62. The summed E-state index contributed by atoms with van der Waals surface area (Å²) in [5.41, 5.74) is 3.93. The first-order chi connectivity index (χ1) is 15.4. The summed E-state index contributed by atoms with van der Waals surface area (Å²) in [4.78, 5) is 24.5. The number of aryl methyl sites for hydroxylation is 2. The van der Waals surface area contributed by atoms with Gasteiger partial charge in [-0.3, -0.25) is 14.8 Å². The van der Waals surface area contributed by atoms with Gasteiger partial charge in [-0.1, -0.05) is 36.2 Å². The van der Waals surface area contributed by atoms with Crippen molar-refractivity contribution in [2.24, 2.45) is 5.92 Å². The summed E-state index contributed by atoms with van der Waals surface area (Å²) in [6, 6.07) is 12.7. The number of carbonyl (C=O) groups excluding carboxylic acids is 1. The van der Waals surface area contributed by atoms with Crippen molar-refractivity contribution in [3.8, 4) is 11.3 Å². The molecule has 0 N–H and O–H groups in total. The lowest BCUT2D eigenvalue weighted by Crippen LogP contribution is -2.48. The average molecular weight is 452 g/mol. The highest BCUT2D eigenvalue weighted by Gasteiger charge is 2.33. The van der Waals surface area contributed by atoms with E-state index in [1.165, 1.54) is 12.3 Å². The highest BCUT2D eigenvalue weighted by molar-refractivity contribution is 6.30. The number of rotatable bonds is 5. The molecular formula is C26H27ClFN3O. The second-order valence-corrected chi connectivity index (χ2v) is 9.04. The number of nitrogens with zero attached hydrogens (tertiary/aromatic N) is 3. The number of likely N-dealkylation sites (tertiary alicyclic amines) is 1. The molecule has 1 aliphatic rings. The van der Waals surface area contributed by atoms with E-state index in [1.54, 1.807) is 12.3 Å². The Morgan fingerprint density at radius 2 is 2.00 bits per heavy atom. The summed E-state index contributed by atoms with van der Waals surface area (Å²) in [7, 11) is 0. The Bertz CT molecular complexity index is 1090. The summed E-state index contributed by atoms with van der Waals surface area (Å²) < 4.78 is 13.4. The fourth-order valence-electron chi connectivity index (χ4n) is 4.54. The van der Waals surface area contributed by atoms with Crippen LogP contribution >= 0.6 is 11.6 Å². The van der Waals surface area contributed by atoms with E-state index >= 15 is 0 Å². The molecule has 0 aliphatic carbocycles. The van der Waals surface area contributed by atoms with E-state index < -0.39 is 5.82 Å². The van der Waals surface area contributed by atoms with Crippen LogP contribution in [0.5, 0.6) is 0 Å². The standard InChI is InChI=1S/C26H27ClFN3O/c1-17-5-10-22(24-11-7-20(28)16-30-24)23(14-17)26(32)31-13-3-4-18(2)25(31)12-9-21-8-6-19(27)15-29-21/h5-8,10-11,14-16,18,25H,3-4,9,12-13H2,1-2H3/t18-,25-/m1/s1. The predicted octanol–water partition coefficient (Wildman–Crippen LogP) is 6.12. The van der Waals surface area contributed by atoms with E-state index in [-0.39, 0.29) is 11.9 Å². The van der Waals surface area contributed by atoms with Crippen molar-refractivity contribution in [1.29, 1.82) is 0 Å². The molecule has 32 heavy (non-hydrogen) atoms. The molecule has 1 aliphatic heterocycles. The van der Waals surface area contributed by atoms with E-state index in [0.29, 0.717) is 22.2 Å². The smallest absolute Gasteiger partial charge is 0.254 e. The molecule has 166 valence electrons. The van der Waals surface area contributed by atoms with E-state index in [9.17, 15) is 9.18 Å². The lowest BCUT2D eigenvalue weighted by atomic mass is 9.86. The Morgan fingerprint density at radius 1 is 1.16 bits per heavy atom. The number of hydrogen-bond acceptors (Lipinski definition) is 3. The van der Waals surface area contributed by atoms with E-state index in [2.05, 4.69) is 16.9 Å². The van der Waals surface area contributed by atoms with Gasteiger partial charge >= 0.3 is 0 Å². The van der Waals surface area contributed by atoms with Crippen molar-refractivity contribution >= 4 is 17.5 Å². The first kappa shape index (κ1) is 22.4. The number of amides is 1. The van der Waals surface area contributed by atoms with Crippen molar-refractivity contribution in [3.63, 3.8) is 0 Å². The van der Waals surface area contributed by atoms with Crippen LogP contribution in [0.1, 0.15) is 47.8 Å². The number of benzene rings is 1. The first-order valence-corrected chi connectivity index (χ1v) is 11.4. The number of aromatic nitrogens is 2. The Labute approximate surface area is 193 Å². The zero-order chi connectivity index (χ0) is 22.7. The highest BCUT2D eigenvalue weighted by atomic mass is 35.5. The van der Waals surface area contributed by atoms with Gasteiger partial charge in [-0.25, -0.2) is 4.39 Å². The third-order valence-corrected chi connectivity index (χ3v) is 6.49. The third-order valence-electron chi connectivity index (χ3n) is 6.27. The molecule has 0 saturated carbocycles. The zero-order valence-electron chi connectivity index (χ0n) is 18.4. The van der Waals surface area contributed by atoms with E-state index in [0.717, 1.165) is 49.0 Å². The van der Waals surface area contributed by atoms with Crippen LogP contribution in [0.2, 0.25) is 5.02 Å². The monoisotopic (exact) mass is 451 g/mol. The predicted molar refractivity (Wildman–Crippen MR) is 125 cm³/mol. The maximum absolute atomic E-state index is 13.8. The van der Waals surface area contributed by atoms with Crippen LogP contribution in [-0.2, 0) is 6.42 Å². The summed E-state index contributed by atoms with van der Waals surface area (Å²) in [5, 5.41) is 0.623. The Hall–Kier alpha value is -2.79. The minimum atomic E-state index is -0.394. The van der Waals surface area contributed by atoms with Gasteiger partial charge in [0.25, 0.3) is 5.91 Å². The molecule has 1 fully saturated rings. The maximum atomic E-state index is 13.8. The van der Waals surface area contributed by atoms with Gasteiger partial charge in [0.05, 0.1) is 16.9 Å². The number of pyridine rings is 2. The van der Waals surface area contributed by atoms with Gasteiger partial charge in [-0.05, 0) is 68.9 Å². The largest absolute Gasteiger partial charge is 0.335 e. The third kappa shape index (κ3) is 4.99. The fraction of sp³-hybridized carbons (Fsp3) is 0.346. The molecule has 4 rings (SSSR count). The van der Waals surface area contributed by atoms with Crippen LogP contribution in [-0.4, -0.2) is 33.4 Å². The molecule has 0 radical (unpaired) electrons. The van der Waals surface area contributed by atoms with Crippen LogP contribution in [0.4, 0.5) is 4.39 Å². The van der Waals surface area contributed by atoms with Crippen molar-refractivity contribution in [1.82, 2.24) is 14.9 Å². The number of halogens is 2. The molecule has 0 unspecified atom stereocenters. The molecule has 2 atom stereocenters. The average Bonchev–Trinajstić information content (AvgIpc) is 2.79. The van der Waals surface area contributed by atoms with Gasteiger partial charge in [0.2, 0.25) is 0 Å². The molecular weight excluding hydrogens is 425 g/mol. The van der Waals surface area contributed by atoms with Gasteiger partial charge < -0.3 is 4.90 Å². The fourth-order valence-corrected chi connectivity index (χ4v) is 4.65. The molecule has 4 nitrogen and oxygen atoms in total. The molecule has 6 heteroatoms. The summed E-state index contributed by atoms with van der Waals surface area (Å²) in [6.07, 6.45) is 6.57. The Morgan fingerprint density at radius 3 is 2.72 bits per heavy atom. The number of piperidine rings is 1. The lowest BCUT2D eigenvalue weighted by Gasteiger charge is -2.40. The summed E-state index contributed by atoms with van der Waals surface area (Å²) in [5.74, 6) is 0.0158. The van der Waals surface area contributed by atoms with Crippen molar-refractivity contribution in [2.75, 3.05) is 6.54 Å². The maximum Gasteiger partial charge on any atom is 0.254 e. The minimum absolute atomic E-state index is 0.00967. The normalized spacial score (nSPS) is 18.6. The van der Waals surface area contributed by atoms with Gasteiger partial charge in [0.1, 0.15) is 5.82 Å². The van der Waals surface area contributed by atoms with Gasteiger partial charge in [-0.15, -0.1) is 0 Å². The van der Waals surface area contributed by atoms with Crippen molar-refractivity contribution < 1.29 is 9.18 Å². The van der Waals surface area contributed by atoms with Crippen molar-refractivity contribution in [3.05, 3.63) is 82.5 Å². The lowest BCUT2D eigenvalue weighted by molar-refractivity contribution is 0.0499. The second kappa shape index (κ2) is 9.78. The van der Waals surface area contributed by atoms with Crippen LogP contribution in [0, 0.1) is 18.7 Å². The van der Waals surface area contributed by atoms with Gasteiger partial charge in [0, 0.05) is 35.6 Å². The second-order valence-electron chi connectivity index (χ2n) is 8.60. The van der Waals surface area contributed by atoms with Crippen LogP contribution in [0.25, 0.3) is 11.3 Å². The van der Waals surface area contributed by atoms with Gasteiger partial charge in [-0.2, -0.15) is 0 Å². The molecule has 1 amide bonds. The molecule has 3 aromatic rings. The molecule has 0 spiro atoms. The number of carbonyl (C=O) groups is 1. The molecule has 0 bridgehead atoms. The zero-order valence-corrected chi connectivity index (χ0v) is 19.1. The molecule has 2 aromatic heterocycles. The summed E-state index contributed by atoms with van der Waals surface area (Å²) in [6.45, 7) is 4.92. The molecule has 1 aromatic carbocycles. The van der Waals surface area contributed by atoms with Gasteiger partial charge in [0.15, 0.2) is 0 Å². The van der Waals surface area contributed by atoms with E-state index in [1.807, 2.05) is 42.2 Å². The molecule has 1 saturated heterocycles. The summed E-state index contributed by atoms with van der Waals surface area (Å²) >= 11 is 5.96. The van der Waals surface area contributed by atoms with Crippen LogP contribution in [0.15, 0.2) is 54.9 Å². The van der Waals surface area contributed by atoms with Crippen LogP contribution in [0.3, 0.4) is 0 Å². The highest BCUT2D eigenvalue weighted by Crippen LogP contribution is 2.31. The van der Waals surface area contributed by atoms with Crippen LogP contribution < -0.4 is 0 Å². The van der Waals surface area contributed by atoms with Crippen molar-refractivity contribution in [2.45, 2.75) is 45.6 Å². The quantitative estimate of drug-likeness (QED) is 0.469. The number of hydrogen-bond donors (Lipinski definition) is 0. The Kier molecular flexibility index (Phi) is 6.85. The first-order valence-electron chi connectivity index (χ1n) is 11.1. The minimum Gasteiger partial charge on any atom is -0.335 e.